The van der Waals surface area contributed by atoms with Gasteiger partial charge in [-0.25, -0.2) is 10.0 Å². The maximum atomic E-state index is 4.70. The average molecular weight is 417 g/mol. The van der Waals surface area contributed by atoms with Crippen LogP contribution in [0.5, 0.6) is 0 Å². The molecular formula is C25H32N6. The van der Waals surface area contributed by atoms with Crippen LogP contribution in [-0.2, 0) is 6.54 Å². The van der Waals surface area contributed by atoms with Crippen LogP contribution in [0.2, 0.25) is 0 Å². The fraction of sp³-hybridized carbons (Fsp3) is 0.440. The number of allylic oxidation sites excluding steroid dienone is 2. The molecule has 4 rings (SSSR count). The number of piperidine rings is 1. The molecule has 1 aromatic heterocycles. The van der Waals surface area contributed by atoms with Crippen molar-refractivity contribution in [2.24, 2.45) is 20.7 Å². The standard InChI is InChI=1S/C25H32N6/c1-5-23-24(27-16-19(3)30-14-8-12-25(4,6-2)18-30)28-29-31(23)17-20-10-11-22-21(15-20)9-7-13-26-22/h5,7,9-11,13,15-16H,6,8,12,14,17-18H2,1-4H3/b19-16+,23-5?,27-24?. The van der Waals surface area contributed by atoms with E-state index in [1.54, 1.807) is 0 Å². The van der Waals surface area contributed by atoms with Crippen LogP contribution in [0.4, 0.5) is 0 Å². The number of hydrogen-bond donors (Lipinski definition) is 0. The van der Waals surface area contributed by atoms with E-state index in [0.29, 0.717) is 17.8 Å². The summed E-state index contributed by atoms with van der Waals surface area (Å²) in [4.78, 5) is 11.6. The molecule has 0 amide bonds. The Balaban J connectivity index is 1.47. The molecule has 31 heavy (non-hydrogen) atoms. The molecule has 1 saturated heterocycles. The number of amidine groups is 1. The van der Waals surface area contributed by atoms with Crippen LogP contribution in [0.1, 0.15) is 52.5 Å². The molecule has 2 aromatic rings. The lowest BCUT2D eigenvalue weighted by molar-refractivity contribution is 0.127. The second-order valence-electron chi connectivity index (χ2n) is 8.86. The summed E-state index contributed by atoms with van der Waals surface area (Å²) < 4.78 is 0. The summed E-state index contributed by atoms with van der Waals surface area (Å²) in [5.41, 5.74) is 4.69. The minimum atomic E-state index is 0.397. The van der Waals surface area contributed by atoms with Gasteiger partial charge in [0.1, 0.15) is 5.70 Å². The molecule has 0 saturated carbocycles. The van der Waals surface area contributed by atoms with Crippen LogP contribution < -0.4 is 0 Å². The van der Waals surface area contributed by atoms with Crippen molar-refractivity contribution in [1.82, 2.24) is 14.9 Å². The molecular weight excluding hydrogens is 384 g/mol. The molecule has 1 aromatic carbocycles. The Kier molecular flexibility index (Phi) is 6.16. The summed E-state index contributed by atoms with van der Waals surface area (Å²) in [7, 11) is 0. The number of hydrogen-bond acceptors (Lipinski definition) is 5. The summed E-state index contributed by atoms with van der Waals surface area (Å²) in [5, 5.41) is 11.8. The van der Waals surface area contributed by atoms with Gasteiger partial charge < -0.3 is 4.90 Å². The van der Waals surface area contributed by atoms with Gasteiger partial charge in [-0.15, -0.1) is 5.11 Å². The first kappa shape index (κ1) is 21.2. The summed E-state index contributed by atoms with van der Waals surface area (Å²) in [5.74, 6) is 0.666. The third-order valence-electron chi connectivity index (χ3n) is 6.53. The number of aromatic nitrogens is 1. The SMILES string of the molecule is CC=C1C(=N/C=C(\C)N2CCCC(C)(CC)C2)N=NN1Cc1ccc2ncccc2c1. The van der Waals surface area contributed by atoms with E-state index in [9.17, 15) is 0 Å². The molecule has 0 bridgehead atoms. The van der Waals surface area contributed by atoms with E-state index in [1.807, 2.05) is 36.5 Å². The fourth-order valence-electron chi connectivity index (χ4n) is 4.34. The van der Waals surface area contributed by atoms with Gasteiger partial charge in [-0.1, -0.05) is 37.3 Å². The Bertz CT molecular complexity index is 1070. The van der Waals surface area contributed by atoms with E-state index in [0.717, 1.165) is 29.7 Å². The average Bonchev–Trinajstić information content (AvgIpc) is 3.18. The third-order valence-corrected chi connectivity index (χ3v) is 6.53. The van der Waals surface area contributed by atoms with Gasteiger partial charge in [0, 0.05) is 36.6 Å². The van der Waals surface area contributed by atoms with Crippen LogP contribution in [0.3, 0.4) is 0 Å². The topological polar surface area (TPSA) is 56.5 Å². The highest BCUT2D eigenvalue weighted by atomic mass is 15.6. The van der Waals surface area contributed by atoms with Crippen molar-refractivity contribution in [3.05, 3.63) is 65.8 Å². The Morgan fingerprint density at radius 1 is 1.29 bits per heavy atom. The number of fused-ring (bicyclic) bond motifs is 1. The van der Waals surface area contributed by atoms with Gasteiger partial charge in [0.2, 0.25) is 5.84 Å². The largest absolute Gasteiger partial charge is 0.373 e. The van der Waals surface area contributed by atoms with E-state index in [-0.39, 0.29) is 0 Å². The molecule has 2 aliphatic heterocycles. The summed E-state index contributed by atoms with van der Waals surface area (Å²) in [6, 6.07) is 10.4. The zero-order chi connectivity index (χ0) is 21.8. The molecule has 1 fully saturated rings. The minimum Gasteiger partial charge on any atom is -0.373 e. The Hall–Kier alpha value is -3.02. The first-order valence-electron chi connectivity index (χ1n) is 11.2. The van der Waals surface area contributed by atoms with E-state index >= 15 is 0 Å². The fourth-order valence-corrected chi connectivity index (χ4v) is 4.34. The van der Waals surface area contributed by atoms with Gasteiger partial charge >= 0.3 is 0 Å². The van der Waals surface area contributed by atoms with Crippen molar-refractivity contribution in [3.63, 3.8) is 0 Å². The molecule has 0 aliphatic carbocycles. The molecule has 6 nitrogen and oxygen atoms in total. The van der Waals surface area contributed by atoms with Crippen molar-refractivity contribution >= 4 is 16.7 Å². The van der Waals surface area contributed by atoms with Gasteiger partial charge in [-0.05, 0) is 62.3 Å². The first-order valence-corrected chi connectivity index (χ1v) is 11.2. The second kappa shape index (κ2) is 9.00. The highest BCUT2D eigenvalue weighted by Crippen LogP contribution is 2.34. The number of rotatable bonds is 5. The van der Waals surface area contributed by atoms with Gasteiger partial charge in [0.05, 0.1) is 12.1 Å². The second-order valence-corrected chi connectivity index (χ2v) is 8.86. The zero-order valence-corrected chi connectivity index (χ0v) is 19.0. The van der Waals surface area contributed by atoms with Crippen LogP contribution in [-0.4, -0.2) is 33.8 Å². The molecule has 1 atom stereocenters. The highest BCUT2D eigenvalue weighted by Gasteiger charge is 2.29. The Labute approximate surface area is 185 Å². The monoisotopic (exact) mass is 416 g/mol. The summed E-state index contributed by atoms with van der Waals surface area (Å²) >= 11 is 0. The van der Waals surface area contributed by atoms with Crippen molar-refractivity contribution in [3.8, 4) is 0 Å². The van der Waals surface area contributed by atoms with Crippen molar-refractivity contribution < 1.29 is 0 Å². The predicted octanol–water partition coefficient (Wildman–Crippen LogP) is 6.09. The molecule has 1 unspecified atom stereocenters. The predicted molar refractivity (Wildman–Crippen MR) is 126 cm³/mol. The molecule has 0 N–H and O–H groups in total. The number of benzene rings is 1. The maximum absolute atomic E-state index is 4.70. The highest BCUT2D eigenvalue weighted by molar-refractivity contribution is 5.99. The van der Waals surface area contributed by atoms with E-state index in [4.69, 9.17) is 4.99 Å². The molecule has 0 radical (unpaired) electrons. The van der Waals surface area contributed by atoms with Crippen molar-refractivity contribution in [2.45, 2.75) is 53.5 Å². The van der Waals surface area contributed by atoms with Crippen LogP contribution >= 0.6 is 0 Å². The third kappa shape index (κ3) is 4.68. The number of aliphatic imine (C=N–C) groups is 1. The number of pyridine rings is 1. The van der Waals surface area contributed by atoms with Crippen molar-refractivity contribution in [2.75, 3.05) is 13.1 Å². The smallest absolute Gasteiger partial charge is 0.201 e. The summed E-state index contributed by atoms with van der Waals surface area (Å²) in [6.07, 6.45) is 9.55. The van der Waals surface area contributed by atoms with E-state index < -0.39 is 0 Å². The lowest BCUT2D eigenvalue weighted by Gasteiger charge is -2.41. The van der Waals surface area contributed by atoms with E-state index in [1.165, 1.54) is 30.5 Å². The maximum Gasteiger partial charge on any atom is 0.201 e. The van der Waals surface area contributed by atoms with Gasteiger partial charge in [-0.3, -0.25) is 4.98 Å². The number of likely N-dealkylation sites (tertiary alicyclic amines) is 1. The summed E-state index contributed by atoms with van der Waals surface area (Å²) in [6.45, 7) is 11.7. The molecule has 6 heteroatoms. The zero-order valence-electron chi connectivity index (χ0n) is 19.0. The van der Waals surface area contributed by atoms with Crippen LogP contribution in [0, 0.1) is 5.41 Å². The quantitative estimate of drug-likeness (QED) is 0.592. The van der Waals surface area contributed by atoms with Gasteiger partial charge in [0.15, 0.2) is 0 Å². The minimum absolute atomic E-state index is 0.397. The molecule has 3 heterocycles. The normalized spacial score (nSPS) is 24.7. The van der Waals surface area contributed by atoms with Crippen molar-refractivity contribution in [1.29, 1.82) is 0 Å². The lowest BCUT2D eigenvalue weighted by atomic mass is 9.79. The molecule has 162 valence electrons. The Morgan fingerprint density at radius 3 is 2.97 bits per heavy atom. The number of nitrogens with zero attached hydrogens (tertiary/aromatic N) is 6. The first-order chi connectivity index (χ1) is 15.0. The van der Waals surface area contributed by atoms with E-state index in [2.05, 4.69) is 65.3 Å². The van der Waals surface area contributed by atoms with Crippen LogP contribution in [0.25, 0.3) is 10.9 Å². The lowest BCUT2D eigenvalue weighted by Crippen LogP contribution is -2.40. The van der Waals surface area contributed by atoms with Gasteiger partial charge in [0.25, 0.3) is 0 Å². The van der Waals surface area contributed by atoms with Crippen LogP contribution in [0.15, 0.2) is 75.5 Å². The molecule has 0 spiro atoms. The Morgan fingerprint density at radius 2 is 2.16 bits per heavy atom. The van der Waals surface area contributed by atoms with Gasteiger partial charge in [-0.2, -0.15) is 0 Å². The molecule has 2 aliphatic rings.